The van der Waals surface area contributed by atoms with E-state index in [-0.39, 0.29) is 11.8 Å². The second-order valence-corrected chi connectivity index (χ2v) is 8.31. The van der Waals surface area contributed by atoms with E-state index in [4.69, 9.17) is 11.6 Å². The number of halogens is 1. The van der Waals surface area contributed by atoms with Crippen LogP contribution >= 0.6 is 23.4 Å². The molecular formula is C22H27ClN2O2S. The lowest BCUT2D eigenvalue weighted by molar-refractivity contribution is -0.140. The minimum atomic E-state index is -0.511. The Morgan fingerprint density at radius 2 is 1.75 bits per heavy atom. The van der Waals surface area contributed by atoms with Gasteiger partial charge >= 0.3 is 0 Å². The van der Waals surface area contributed by atoms with Crippen molar-refractivity contribution >= 4 is 35.2 Å². The summed E-state index contributed by atoms with van der Waals surface area (Å²) in [5, 5.41) is 3.36. The Labute approximate surface area is 176 Å². The first kappa shape index (κ1) is 22.3. The Hall–Kier alpha value is -1.98. The van der Waals surface area contributed by atoms with E-state index in [1.807, 2.05) is 55.5 Å². The van der Waals surface area contributed by atoms with Crippen LogP contribution in [-0.2, 0) is 16.1 Å². The summed E-state index contributed by atoms with van der Waals surface area (Å²) in [6.45, 7) is 4.23. The van der Waals surface area contributed by atoms with Gasteiger partial charge in [-0.05, 0) is 55.9 Å². The first-order chi connectivity index (χ1) is 13.4. The second kappa shape index (κ2) is 11.1. The number of benzene rings is 2. The monoisotopic (exact) mass is 418 g/mol. The molecule has 2 rings (SSSR count). The number of hydrogen-bond donors (Lipinski definition) is 1. The molecule has 0 aliphatic heterocycles. The van der Waals surface area contributed by atoms with Gasteiger partial charge < -0.3 is 10.2 Å². The van der Waals surface area contributed by atoms with Crippen LogP contribution in [0.1, 0.15) is 30.9 Å². The minimum absolute atomic E-state index is 0.00613. The number of carbonyl (C=O) groups excluding carboxylic acids is 2. The third-order valence-corrected chi connectivity index (χ3v) is 5.85. The highest BCUT2D eigenvalue weighted by Crippen LogP contribution is 2.22. The van der Waals surface area contributed by atoms with Crippen molar-refractivity contribution in [1.29, 1.82) is 0 Å². The van der Waals surface area contributed by atoms with Gasteiger partial charge in [0.15, 0.2) is 0 Å². The van der Waals surface area contributed by atoms with E-state index >= 15 is 0 Å². The number of nitrogens with zero attached hydrogens (tertiary/aromatic N) is 1. The van der Waals surface area contributed by atoms with Crippen LogP contribution in [0, 0.1) is 6.92 Å². The number of thioether (sulfide) groups is 1. The van der Waals surface area contributed by atoms with Crippen LogP contribution in [0.5, 0.6) is 0 Å². The molecule has 0 aromatic heterocycles. The maximum absolute atomic E-state index is 12.9. The van der Waals surface area contributed by atoms with Gasteiger partial charge in [-0.2, -0.15) is 0 Å². The zero-order valence-corrected chi connectivity index (χ0v) is 18.1. The summed E-state index contributed by atoms with van der Waals surface area (Å²) in [6.07, 6.45) is 1.16. The lowest BCUT2D eigenvalue weighted by Gasteiger charge is -2.28. The van der Waals surface area contributed by atoms with Gasteiger partial charge in [0.2, 0.25) is 11.8 Å². The van der Waals surface area contributed by atoms with E-state index in [2.05, 4.69) is 5.32 Å². The van der Waals surface area contributed by atoms with E-state index in [1.54, 1.807) is 30.6 Å². The zero-order valence-electron chi connectivity index (χ0n) is 16.6. The fraction of sp³-hybridized carbons (Fsp3) is 0.364. The molecule has 6 heteroatoms. The Morgan fingerprint density at radius 1 is 1.11 bits per heavy atom. The highest BCUT2D eigenvalue weighted by atomic mass is 35.5. The molecule has 0 unspecified atom stereocenters. The van der Waals surface area contributed by atoms with Crippen molar-refractivity contribution in [3.63, 3.8) is 0 Å². The summed E-state index contributed by atoms with van der Waals surface area (Å²) in [5.74, 6) is 0.671. The number of amides is 2. The van der Waals surface area contributed by atoms with Crippen molar-refractivity contribution in [3.05, 3.63) is 64.7 Å². The summed E-state index contributed by atoms with van der Waals surface area (Å²) >= 11 is 7.60. The molecule has 0 bridgehead atoms. The third-order valence-electron chi connectivity index (χ3n) is 4.50. The van der Waals surface area contributed by atoms with Crippen molar-refractivity contribution in [2.75, 3.05) is 12.8 Å². The van der Waals surface area contributed by atoms with Gasteiger partial charge in [0, 0.05) is 29.9 Å². The molecule has 2 aromatic rings. The molecule has 150 valence electrons. The molecule has 0 aliphatic rings. The summed E-state index contributed by atoms with van der Waals surface area (Å²) < 4.78 is 0. The molecule has 2 aromatic carbocycles. The lowest BCUT2D eigenvalue weighted by Crippen LogP contribution is -2.46. The number of nitrogens with one attached hydrogen (secondary N) is 1. The molecule has 0 saturated carbocycles. The number of hydrogen-bond acceptors (Lipinski definition) is 3. The largest absolute Gasteiger partial charge is 0.357 e. The summed E-state index contributed by atoms with van der Waals surface area (Å²) in [4.78, 5) is 27.8. The molecular weight excluding hydrogens is 392 g/mol. The van der Waals surface area contributed by atoms with Crippen molar-refractivity contribution in [3.8, 4) is 0 Å². The molecule has 4 nitrogen and oxygen atoms in total. The van der Waals surface area contributed by atoms with Crippen LogP contribution < -0.4 is 5.32 Å². The van der Waals surface area contributed by atoms with E-state index in [9.17, 15) is 9.59 Å². The van der Waals surface area contributed by atoms with Gasteiger partial charge in [0.1, 0.15) is 6.04 Å². The Bertz CT molecular complexity index is 778. The van der Waals surface area contributed by atoms with Gasteiger partial charge in [-0.3, -0.25) is 9.59 Å². The molecule has 2 amide bonds. The maximum atomic E-state index is 12.9. The first-order valence-electron chi connectivity index (χ1n) is 9.35. The van der Waals surface area contributed by atoms with Gasteiger partial charge in [-0.25, -0.2) is 0 Å². The SMILES string of the molecule is CNC(=O)[C@H](C)N(Cc1ccc(C)cc1)C(=O)CCCSc1ccc(Cl)cc1. The van der Waals surface area contributed by atoms with Crippen LogP contribution in [0.3, 0.4) is 0 Å². The van der Waals surface area contributed by atoms with Crippen LogP contribution in [0.2, 0.25) is 5.02 Å². The molecule has 0 aliphatic carbocycles. The van der Waals surface area contributed by atoms with Crippen LogP contribution in [0.25, 0.3) is 0 Å². The predicted molar refractivity (Wildman–Crippen MR) is 117 cm³/mol. The first-order valence-corrected chi connectivity index (χ1v) is 10.7. The molecule has 0 spiro atoms. The molecule has 1 atom stereocenters. The standard InChI is InChI=1S/C22H27ClN2O2S/c1-16-6-8-18(9-7-16)15-25(17(2)22(27)24-3)21(26)5-4-14-28-20-12-10-19(23)11-13-20/h6-13,17H,4-5,14-15H2,1-3H3,(H,24,27)/t17-/m0/s1. The van der Waals surface area contributed by atoms with E-state index in [0.717, 1.165) is 27.7 Å². The summed E-state index contributed by atoms with van der Waals surface area (Å²) in [5.41, 5.74) is 2.19. The molecule has 0 radical (unpaired) electrons. The normalized spacial score (nSPS) is 11.7. The maximum Gasteiger partial charge on any atom is 0.242 e. The third kappa shape index (κ3) is 6.88. The smallest absolute Gasteiger partial charge is 0.242 e. The number of rotatable bonds is 9. The van der Waals surface area contributed by atoms with E-state index < -0.39 is 6.04 Å². The Kier molecular flexibility index (Phi) is 8.87. The van der Waals surface area contributed by atoms with E-state index in [0.29, 0.717) is 13.0 Å². The average Bonchev–Trinajstić information content (AvgIpc) is 2.70. The molecule has 1 N–H and O–H groups in total. The summed E-state index contributed by atoms with van der Waals surface area (Å²) in [6, 6.07) is 15.2. The second-order valence-electron chi connectivity index (χ2n) is 6.70. The lowest BCUT2D eigenvalue weighted by atomic mass is 10.1. The van der Waals surface area contributed by atoms with Gasteiger partial charge in [0.25, 0.3) is 0 Å². The zero-order chi connectivity index (χ0) is 20.5. The van der Waals surface area contributed by atoms with Crippen molar-refractivity contribution in [1.82, 2.24) is 10.2 Å². The van der Waals surface area contributed by atoms with Crippen LogP contribution in [0.4, 0.5) is 0 Å². The molecule has 0 heterocycles. The fourth-order valence-electron chi connectivity index (χ4n) is 2.77. The number of likely N-dealkylation sites (N-methyl/N-ethyl adjacent to an activating group) is 1. The highest BCUT2D eigenvalue weighted by molar-refractivity contribution is 7.99. The van der Waals surface area contributed by atoms with Crippen molar-refractivity contribution in [2.24, 2.45) is 0 Å². The van der Waals surface area contributed by atoms with Gasteiger partial charge in [0.05, 0.1) is 0 Å². The van der Waals surface area contributed by atoms with Crippen molar-refractivity contribution < 1.29 is 9.59 Å². The van der Waals surface area contributed by atoms with Gasteiger partial charge in [-0.1, -0.05) is 41.4 Å². The molecule has 0 saturated heterocycles. The quantitative estimate of drug-likeness (QED) is 0.475. The summed E-state index contributed by atoms with van der Waals surface area (Å²) in [7, 11) is 1.59. The van der Waals surface area contributed by atoms with Gasteiger partial charge in [-0.15, -0.1) is 11.8 Å². The van der Waals surface area contributed by atoms with E-state index in [1.165, 1.54) is 5.56 Å². The van der Waals surface area contributed by atoms with Crippen molar-refractivity contribution in [2.45, 2.75) is 44.2 Å². The molecule has 28 heavy (non-hydrogen) atoms. The predicted octanol–water partition coefficient (Wildman–Crippen LogP) is 4.68. The minimum Gasteiger partial charge on any atom is -0.357 e. The fourth-order valence-corrected chi connectivity index (χ4v) is 3.75. The van der Waals surface area contributed by atoms with Crippen LogP contribution in [0.15, 0.2) is 53.4 Å². The Balaban J connectivity index is 1.94. The number of carbonyl (C=O) groups is 2. The topological polar surface area (TPSA) is 49.4 Å². The number of aryl methyl sites for hydroxylation is 1. The average molecular weight is 419 g/mol. The van der Waals surface area contributed by atoms with Crippen LogP contribution in [-0.4, -0.2) is 35.6 Å². The molecule has 0 fully saturated rings. The highest BCUT2D eigenvalue weighted by Gasteiger charge is 2.25. The Morgan fingerprint density at radius 3 is 2.36 bits per heavy atom.